The van der Waals surface area contributed by atoms with Gasteiger partial charge in [0.25, 0.3) is 0 Å². The maximum absolute atomic E-state index is 11.0. The summed E-state index contributed by atoms with van der Waals surface area (Å²) < 4.78 is 5.13. The molecule has 0 aliphatic heterocycles. The molecule has 0 bridgehead atoms. The van der Waals surface area contributed by atoms with Crippen molar-refractivity contribution in [3.8, 4) is 16.9 Å². The van der Waals surface area contributed by atoms with E-state index in [0.29, 0.717) is 12.1 Å². The summed E-state index contributed by atoms with van der Waals surface area (Å²) in [5.41, 5.74) is 2.39. The second kappa shape index (κ2) is 6.02. The highest BCUT2D eigenvalue weighted by Gasteiger charge is 2.11. The van der Waals surface area contributed by atoms with Crippen LogP contribution in [0.2, 0.25) is 0 Å². The van der Waals surface area contributed by atoms with Crippen molar-refractivity contribution in [2.45, 2.75) is 0 Å². The van der Waals surface area contributed by atoms with Crippen molar-refractivity contribution in [3.05, 3.63) is 48.5 Å². The number of anilines is 1. The van der Waals surface area contributed by atoms with Crippen LogP contribution in [-0.4, -0.2) is 20.6 Å². The van der Waals surface area contributed by atoms with Crippen LogP contribution in [0.1, 0.15) is 0 Å². The van der Waals surface area contributed by atoms with Gasteiger partial charge in [-0.15, -0.1) is 0 Å². The first-order chi connectivity index (χ1) is 9.30. The van der Waals surface area contributed by atoms with E-state index in [4.69, 9.17) is 9.57 Å². The Balaban J connectivity index is 2.46. The Kier molecular flexibility index (Phi) is 4.15. The number of para-hydroxylation sites is 1. The molecular weight excluding hydrogens is 242 g/mol. The van der Waals surface area contributed by atoms with Gasteiger partial charge in [-0.1, -0.05) is 30.3 Å². The number of hydroxylamine groups is 1. The van der Waals surface area contributed by atoms with Crippen molar-refractivity contribution >= 4 is 12.1 Å². The molecule has 0 aliphatic rings. The lowest BCUT2D eigenvalue weighted by Crippen LogP contribution is -2.19. The fraction of sp³-hybridized carbons (Fsp3) is 0.133. The minimum absolute atomic E-state index is 0.574. The number of nitrogens with zero attached hydrogens (tertiary/aromatic N) is 1. The van der Waals surface area contributed by atoms with E-state index in [2.05, 4.69) is 6.07 Å². The molecule has 0 atom stereocenters. The smallest absolute Gasteiger partial charge is 0.238 e. The molecule has 19 heavy (non-hydrogen) atoms. The highest BCUT2D eigenvalue weighted by Crippen LogP contribution is 2.30. The third-order valence-electron chi connectivity index (χ3n) is 2.75. The van der Waals surface area contributed by atoms with Gasteiger partial charge in [-0.05, 0) is 17.7 Å². The van der Waals surface area contributed by atoms with Crippen molar-refractivity contribution < 1.29 is 14.4 Å². The fourth-order valence-electron chi connectivity index (χ4n) is 1.80. The summed E-state index contributed by atoms with van der Waals surface area (Å²) in [7, 11) is 3.06. The summed E-state index contributed by atoms with van der Waals surface area (Å²) in [6.07, 6.45) is 0.610. The van der Waals surface area contributed by atoms with E-state index < -0.39 is 0 Å². The number of carbonyl (C=O) groups excluding carboxylic acids is 1. The zero-order valence-corrected chi connectivity index (χ0v) is 10.8. The van der Waals surface area contributed by atoms with Gasteiger partial charge in [-0.25, -0.2) is 0 Å². The number of amides is 1. The van der Waals surface area contributed by atoms with Gasteiger partial charge in [0, 0.05) is 11.6 Å². The van der Waals surface area contributed by atoms with Gasteiger partial charge in [0.15, 0.2) is 0 Å². The third-order valence-corrected chi connectivity index (χ3v) is 2.75. The van der Waals surface area contributed by atoms with E-state index in [1.807, 2.05) is 36.4 Å². The van der Waals surface area contributed by atoms with Crippen LogP contribution in [0, 0.1) is 6.07 Å². The van der Waals surface area contributed by atoms with Crippen LogP contribution in [0.15, 0.2) is 42.5 Å². The van der Waals surface area contributed by atoms with E-state index in [1.54, 1.807) is 13.2 Å². The van der Waals surface area contributed by atoms with Crippen LogP contribution in [0.25, 0.3) is 11.1 Å². The standard InChI is InChI=1S/C15H14NO3/c1-18-13-9-7-12(8-10-13)14-5-3-4-6-15(14)16(11-17)19-2/h3-5,7-11H,1-2H3. The second-order valence-electron chi connectivity index (χ2n) is 3.77. The van der Waals surface area contributed by atoms with Crippen molar-refractivity contribution in [1.82, 2.24) is 0 Å². The molecule has 0 N–H and O–H groups in total. The minimum Gasteiger partial charge on any atom is -0.497 e. The van der Waals surface area contributed by atoms with Gasteiger partial charge in [0.1, 0.15) is 5.75 Å². The molecule has 1 radical (unpaired) electrons. The first-order valence-electron chi connectivity index (χ1n) is 5.74. The Bertz CT molecular complexity index is 552. The van der Waals surface area contributed by atoms with Gasteiger partial charge in [-0.2, -0.15) is 5.06 Å². The van der Waals surface area contributed by atoms with E-state index >= 15 is 0 Å². The van der Waals surface area contributed by atoms with Crippen molar-refractivity contribution in [2.24, 2.45) is 0 Å². The minimum atomic E-state index is 0.574. The largest absolute Gasteiger partial charge is 0.497 e. The monoisotopic (exact) mass is 256 g/mol. The quantitative estimate of drug-likeness (QED) is 0.610. The van der Waals surface area contributed by atoms with Gasteiger partial charge in [0.05, 0.1) is 19.9 Å². The number of benzene rings is 2. The second-order valence-corrected chi connectivity index (χ2v) is 3.77. The molecule has 2 rings (SSSR count). The van der Waals surface area contributed by atoms with Crippen LogP contribution in [0.3, 0.4) is 0 Å². The summed E-state index contributed by atoms with van der Waals surface area (Å²) in [5.74, 6) is 0.782. The molecule has 0 unspecified atom stereocenters. The lowest BCUT2D eigenvalue weighted by molar-refractivity contribution is -0.112. The molecule has 0 saturated carbocycles. The summed E-state index contributed by atoms with van der Waals surface area (Å²) in [4.78, 5) is 16.0. The summed E-state index contributed by atoms with van der Waals surface area (Å²) >= 11 is 0. The van der Waals surface area contributed by atoms with Crippen molar-refractivity contribution in [2.75, 3.05) is 19.3 Å². The number of rotatable bonds is 5. The Morgan fingerprint density at radius 3 is 2.47 bits per heavy atom. The molecule has 0 heterocycles. The molecular formula is C15H14NO3. The molecule has 2 aromatic carbocycles. The normalized spacial score (nSPS) is 10.0. The third kappa shape index (κ3) is 2.74. The van der Waals surface area contributed by atoms with E-state index in [-0.39, 0.29) is 0 Å². The number of hydrogen-bond acceptors (Lipinski definition) is 3. The van der Waals surface area contributed by atoms with Crippen LogP contribution < -0.4 is 9.80 Å². The average molecular weight is 256 g/mol. The summed E-state index contributed by atoms with van der Waals surface area (Å²) in [6, 6.07) is 16.1. The SMILES string of the molecule is COc1ccc(-c2ccc[c]c2N(C=O)OC)cc1. The lowest BCUT2D eigenvalue weighted by atomic mass is 10.0. The molecule has 4 nitrogen and oxygen atoms in total. The fourth-order valence-corrected chi connectivity index (χ4v) is 1.80. The van der Waals surface area contributed by atoms with Crippen LogP contribution in [0.4, 0.5) is 5.69 Å². The van der Waals surface area contributed by atoms with E-state index in [0.717, 1.165) is 21.9 Å². The maximum Gasteiger partial charge on any atom is 0.238 e. The highest BCUT2D eigenvalue weighted by atomic mass is 16.7. The number of carbonyl (C=O) groups is 1. The first-order valence-corrected chi connectivity index (χ1v) is 5.74. The molecule has 0 aromatic heterocycles. The lowest BCUT2D eigenvalue weighted by Gasteiger charge is -2.17. The number of hydrogen-bond donors (Lipinski definition) is 0. The molecule has 2 aromatic rings. The van der Waals surface area contributed by atoms with Crippen LogP contribution in [-0.2, 0) is 9.63 Å². The Labute approximate surface area is 112 Å². The number of ether oxygens (including phenoxy) is 1. The molecule has 0 spiro atoms. The average Bonchev–Trinajstić information content (AvgIpc) is 2.49. The van der Waals surface area contributed by atoms with Gasteiger partial charge in [-0.3, -0.25) is 9.63 Å². The molecule has 0 aliphatic carbocycles. The molecule has 4 heteroatoms. The molecule has 0 fully saturated rings. The predicted octanol–water partition coefficient (Wildman–Crippen LogP) is 2.69. The van der Waals surface area contributed by atoms with Crippen LogP contribution >= 0.6 is 0 Å². The van der Waals surface area contributed by atoms with Crippen molar-refractivity contribution in [1.29, 1.82) is 0 Å². The predicted molar refractivity (Wildman–Crippen MR) is 72.8 cm³/mol. The summed E-state index contributed by atoms with van der Waals surface area (Å²) in [5, 5.41) is 1.14. The Morgan fingerprint density at radius 2 is 1.89 bits per heavy atom. The van der Waals surface area contributed by atoms with Gasteiger partial charge in [0.2, 0.25) is 6.41 Å². The molecule has 1 amide bonds. The zero-order chi connectivity index (χ0) is 13.7. The van der Waals surface area contributed by atoms with Gasteiger partial charge < -0.3 is 4.74 Å². The van der Waals surface area contributed by atoms with Gasteiger partial charge >= 0.3 is 0 Å². The number of methoxy groups -OCH3 is 1. The van der Waals surface area contributed by atoms with E-state index in [9.17, 15) is 4.79 Å². The van der Waals surface area contributed by atoms with E-state index in [1.165, 1.54) is 7.11 Å². The molecule has 97 valence electrons. The Hall–Kier alpha value is -2.33. The van der Waals surface area contributed by atoms with Crippen LogP contribution in [0.5, 0.6) is 5.75 Å². The molecule has 0 saturated heterocycles. The topological polar surface area (TPSA) is 38.8 Å². The van der Waals surface area contributed by atoms with Crippen molar-refractivity contribution in [3.63, 3.8) is 0 Å². The first kappa shape index (κ1) is 13.1. The zero-order valence-electron chi connectivity index (χ0n) is 10.8. The Morgan fingerprint density at radius 1 is 1.16 bits per heavy atom. The summed E-state index contributed by atoms with van der Waals surface area (Å²) in [6.45, 7) is 0. The highest BCUT2D eigenvalue weighted by molar-refractivity contribution is 5.85. The maximum atomic E-state index is 11.0.